The maximum absolute atomic E-state index is 13.5. The summed E-state index contributed by atoms with van der Waals surface area (Å²) in [6, 6.07) is 4.98. The second-order valence-corrected chi connectivity index (χ2v) is 8.39. The lowest BCUT2D eigenvalue weighted by Gasteiger charge is -2.21. The number of nitrogens with zero attached hydrogens (tertiary/aromatic N) is 1. The van der Waals surface area contributed by atoms with Crippen molar-refractivity contribution in [2.24, 2.45) is 5.41 Å². The first-order valence-electron chi connectivity index (χ1n) is 9.79. The van der Waals surface area contributed by atoms with Crippen molar-refractivity contribution in [1.29, 1.82) is 0 Å². The average molecular weight is 408 g/mol. The number of aromatic amines is 1. The normalized spacial score (nSPS) is 14.4. The van der Waals surface area contributed by atoms with Gasteiger partial charge in [0.15, 0.2) is 0 Å². The van der Waals surface area contributed by atoms with Crippen LogP contribution in [0.1, 0.15) is 71.8 Å². The predicted octanol–water partition coefficient (Wildman–Crippen LogP) is 2.44. The van der Waals surface area contributed by atoms with Gasteiger partial charge >= 0.3 is 11.7 Å². The van der Waals surface area contributed by atoms with Crippen LogP contribution in [0.5, 0.6) is 0 Å². The highest BCUT2D eigenvalue weighted by molar-refractivity contribution is 6.09. The zero-order chi connectivity index (χ0) is 22.2. The van der Waals surface area contributed by atoms with E-state index in [1.165, 1.54) is 4.57 Å². The number of rotatable bonds is 7. The van der Waals surface area contributed by atoms with Crippen LogP contribution < -0.4 is 11.2 Å². The number of terminal acetylenes is 1. The number of carbonyl (C=O) groups excluding carboxylic acids is 1. The highest BCUT2D eigenvalue weighted by Crippen LogP contribution is 2.50. The number of aryl methyl sites for hydroxylation is 1. The van der Waals surface area contributed by atoms with E-state index in [1.807, 2.05) is 0 Å². The SMILES string of the molecule is C#Cc1cc(C)cc(C(=O)c2c(C(C)C)c(=O)[nH]c(=O)n2CC2(CC(=O)O)CC2)c1. The van der Waals surface area contributed by atoms with Crippen molar-refractivity contribution in [3.63, 3.8) is 0 Å². The van der Waals surface area contributed by atoms with Gasteiger partial charge in [0, 0.05) is 23.2 Å². The molecule has 1 aromatic carbocycles. The van der Waals surface area contributed by atoms with Crippen molar-refractivity contribution in [1.82, 2.24) is 9.55 Å². The van der Waals surface area contributed by atoms with Crippen LogP contribution in [0, 0.1) is 24.7 Å². The lowest BCUT2D eigenvalue weighted by molar-refractivity contribution is -0.138. The lowest BCUT2D eigenvalue weighted by atomic mass is 9.94. The van der Waals surface area contributed by atoms with E-state index in [2.05, 4.69) is 10.9 Å². The number of carboxylic acid groups (broad SMARTS) is 1. The topological polar surface area (TPSA) is 109 Å². The number of hydrogen-bond acceptors (Lipinski definition) is 4. The summed E-state index contributed by atoms with van der Waals surface area (Å²) in [6.45, 7) is 5.40. The third-order valence-corrected chi connectivity index (χ3v) is 5.51. The van der Waals surface area contributed by atoms with E-state index in [9.17, 15) is 24.3 Å². The standard InChI is InChI=1S/C23H24N2O5/c1-5-15-8-14(4)9-16(10-15)20(28)19-18(13(2)3)21(29)24-22(30)25(19)12-23(6-7-23)11-17(26)27/h1,8-10,13H,6-7,11-12H2,2-4H3,(H,26,27)(H,24,29,30). The van der Waals surface area contributed by atoms with Gasteiger partial charge in [0.25, 0.3) is 5.56 Å². The van der Waals surface area contributed by atoms with Crippen LogP contribution in [0.4, 0.5) is 0 Å². The Hall–Kier alpha value is -3.40. The van der Waals surface area contributed by atoms with Gasteiger partial charge in [-0.15, -0.1) is 6.42 Å². The average Bonchev–Trinajstić information content (AvgIpc) is 3.40. The van der Waals surface area contributed by atoms with Crippen LogP contribution in [0.2, 0.25) is 0 Å². The van der Waals surface area contributed by atoms with Gasteiger partial charge in [0.05, 0.1) is 6.42 Å². The summed E-state index contributed by atoms with van der Waals surface area (Å²) in [4.78, 5) is 52.4. The minimum absolute atomic E-state index is 0.00369. The number of carboxylic acids is 1. The van der Waals surface area contributed by atoms with Crippen LogP contribution in [0.3, 0.4) is 0 Å². The molecule has 0 aliphatic heterocycles. The summed E-state index contributed by atoms with van der Waals surface area (Å²) in [5, 5.41) is 9.24. The Morgan fingerprint density at radius 1 is 1.27 bits per heavy atom. The molecular weight excluding hydrogens is 384 g/mol. The van der Waals surface area contributed by atoms with Crippen molar-refractivity contribution in [2.45, 2.75) is 52.5 Å². The van der Waals surface area contributed by atoms with Crippen LogP contribution in [-0.2, 0) is 11.3 Å². The summed E-state index contributed by atoms with van der Waals surface area (Å²) in [6.07, 6.45) is 6.67. The Morgan fingerprint density at radius 3 is 2.47 bits per heavy atom. The number of aromatic nitrogens is 2. The van der Waals surface area contributed by atoms with Gasteiger partial charge in [-0.25, -0.2) is 4.79 Å². The third kappa shape index (κ3) is 4.13. The monoisotopic (exact) mass is 408 g/mol. The molecule has 0 spiro atoms. The molecule has 1 aromatic heterocycles. The molecule has 7 heteroatoms. The van der Waals surface area contributed by atoms with Crippen LogP contribution in [0.25, 0.3) is 0 Å². The Morgan fingerprint density at radius 2 is 1.93 bits per heavy atom. The second kappa shape index (κ2) is 7.79. The fourth-order valence-corrected chi connectivity index (χ4v) is 3.88. The fourth-order valence-electron chi connectivity index (χ4n) is 3.88. The third-order valence-electron chi connectivity index (χ3n) is 5.51. The van der Waals surface area contributed by atoms with Crippen molar-refractivity contribution in [3.05, 3.63) is 67.0 Å². The van der Waals surface area contributed by atoms with Crippen LogP contribution in [-0.4, -0.2) is 26.4 Å². The van der Waals surface area contributed by atoms with Gasteiger partial charge in [-0.1, -0.05) is 19.8 Å². The maximum Gasteiger partial charge on any atom is 0.328 e. The Labute approximate surface area is 173 Å². The zero-order valence-corrected chi connectivity index (χ0v) is 17.2. The molecule has 1 aliphatic rings. The molecule has 0 atom stereocenters. The number of ketones is 1. The van der Waals surface area contributed by atoms with E-state index in [-0.39, 0.29) is 35.7 Å². The van der Waals surface area contributed by atoms with Gasteiger partial charge in [-0.05, 0) is 54.9 Å². The first kappa shape index (κ1) is 21.3. The molecule has 0 unspecified atom stereocenters. The first-order chi connectivity index (χ1) is 14.1. The van der Waals surface area contributed by atoms with Gasteiger partial charge < -0.3 is 5.11 Å². The van der Waals surface area contributed by atoms with Gasteiger partial charge in [0.2, 0.25) is 5.78 Å². The quantitative estimate of drug-likeness (QED) is 0.540. The minimum Gasteiger partial charge on any atom is -0.481 e. The molecule has 1 saturated carbocycles. The number of H-pyrrole nitrogens is 1. The number of benzene rings is 1. The lowest BCUT2D eigenvalue weighted by Crippen LogP contribution is -2.39. The van der Waals surface area contributed by atoms with E-state index >= 15 is 0 Å². The van der Waals surface area contributed by atoms with Crippen molar-refractivity contribution >= 4 is 11.8 Å². The minimum atomic E-state index is -0.959. The molecule has 0 amide bonds. The summed E-state index contributed by atoms with van der Waals surface area (Å²) >= 11 is 0. The highest BCUT2D eigenvalue weighted by atomic mass is 16.4. The summed E-state index contributed by atoms with van der Waals surface area (Å²) in [7, 11) is 0. The fraction of sp³-hybridized carbons (Fsp3) is 0.391. The van der Waals surface area contributed by atoms with E-state index in [0.29, 0.717) is 18.4 Å². The molecule has 156 valence electrons. The smallest absolute Gasteiger partial charge is 0.328 e. The molecule has 0 saturated heterocycles. The molecule has 2 aromatic rings. The molecule has 3 rings (SSSR count). The van der Waals surface area contributed by atoms with Crippen LogP contribution in [0.15, 0.2) is 27.8 Å². The molecular formula is C23H24N2O5. The Kier molecular flexibility index (Phi) is 5.53. The van der Waals surface area contributed by atoms with Crippen LogP contribution >= 0.6 is 0 Å². The molecule has 2 N–H and O–H groups in total. The molecule has 7 nitrogen and oxygen atoms in total. The number of hydrogen-bond donors (Lipinski definition) is 2. The Balaban J connectivity index is 2.24. The molecule has 1 aliphatic carbocycles. The van der Waals surface area contributed by atoms with E-state index < -0.39 is 28.4 Å². The number of nitrogens with one attached hydrogen (secondary N) is 1. The van der Waals surface area contributed by atoms with Gasteiger partial charge in [-0.2, -0.15) is 0 Å². The Bertz CT molecular complexity index is 1190. The number of carbonyl (C=O) groups is 2. The zero-order valence-electron chi connectivity index (χ0n) is 17.2. The second-order valence-electron chi connectivity index (χ2n) is 8.39. The van der Waals surface area contributed by atoms with Gasteiger partial charge in [-0.3, -0.25) is 23.9 Å². The molecule has 30 heavy (non-hydrogen) atoms. The van der Waals surface area contributed by atoms with E-state index in [1.54, 1.807) is 39.0 Å². The van der Waals surface area contributed by atoms with E-state index in [4.69, 9.17) is 6.42 Å². The first-order valence-corrected chi connectivity index (χ1v) is 9.79. The van der Waals surface area contributed by atoms with Gasteiger partial charge in [0.1, 0.15) is 5.69 Å². The summed E-state index contributed by atoms with van der Waals surface area (Å²) in [5.74, 6) is 0.740. The van der Waals surface area contributed by atoms with E-state index in [0.717, 1.165) is 5.56 Å². The van der Waals surface area contributed by atoms with Crippen molar-refractivity contribution < 1.29 is 14.7 Å². The predicted molar refractivity (Wildman–Crippen MR) is 112 cm³/mol. The summed E-state index contributed by atoms with van der Waals surface area (Å²) < 4.78 is 1.24. The molecule has 1 heterocycles. The summed E-state index contributed by atoms with van der Waals surface area (Å²) in [5.41, 5.74) is -0.119. The molecule has 1 fully saturated rings. The molecule has 0 radical (unpaired) electrons. The highest BCUT2D eigenvalue weighted by Gasteiger charge is 2.46. The molecule has 0 bridgehead atoms. The maximum atomic E-state index is 13.5. The van der Waals surface area contributed by atoms with Crippen molar-refractivity contribution in [2.75, 3.05) is 0 Å². The van der Waals surface area contributed by atoms with Crippen molar-refractivity contribution in [3.8, 4) is 12.3 Å². The number of aliphatic carboxylic acids is 1. The largest absolute Gasteiger partial charge is 0.481 e.